The van der Waals surface area contributed by atoms with Gasteiger partial charge in [-0.2, -0.15) is 0 Å². The maximum absolute atomic E-state index is 12.6. The van der Waals surface area contributed by atoms with Crippen LogP contribution in [-0.4, -0.2) is 13.3 Å². The van der Waals surface area contributed by atoms with Crippen molar-refractivity contribution < 1.29 is 13.3 Å². The minimum atomic E-state index is -3.75. The van der Waals surface area contributed by atoms with Gasteiger partial charge < -0.3 is 5.73 Å². The Labute approximate surface area is 160 Å². The first-order valence-corrected chi connectivity index (χ1v) is 10.0. The molecular formula is C18H15N3O4S2. The van der Waals surface area contributed by atoms with Crippen molar-refractivity contribution in [3.63, 3.8) is 0 Å². The Morgan fingerprint density at radius 1 is 0.926 bits per heavy atom. The normalized spacial score (nSPS) is 11.1. The molecule has 0 unspecified atom stereocenters. The molecule has 0 heterocycles. The van der Waals surface area contributed by atoms with Gasteiger partial charge in [-0.3, -0.25) is 14.8 Å². The summed E-state index contributed by atoms with van der Waals surface area (Å²) in [6.07, 6.45) is 0. The van der Waals surface area contributed by atoms with E-state index in [9.17, 15) is 18.5 Å². The first kappa shape index (κ1) is 18.7. The summed E-state index contributed by atoms with van der Waals surface area (Å²) in [5.74, 6) is 0. The van der Waals surface area contributed by atoms with Gasteiger partial charge in [0.25, 0.3) is 15.7 Å². The molecular weight excluding hydrogens is 386 g/mol. The van der Waals surface area contributed by atoms with Gasteiger partial charge in [0.05, 0.1) is 9.82 Å². The molecule has 0 aliphatic carbocycles. The van der Waals surface area contributed by atoms with Crippen LogP contribution >= 0.6 is 11.8 Å². The summed E-state index contributed by atoms with van der Waals surface area (Å²) >= 11 is 1.32. The number of nitrogen functional groups attached to an aromatic ring is 1. The number of non-ortho nitro benzene ring substituents is 1. The molecule has 0 radical (unpaired) electrons. The van der Waals surface area contributed by atoms with Gasteiger partial charge in [0.1, 0.15) is 0 Å². The van der Waals surface area contributed by atoms with Crippen molar-refractivity contribution in [2.24, 2.45) is 0 Å². The van der Waals surface area contributed by atoms with E-state index >= 15 is 0 Å². The number of nitrogens with one attached hydrogen (secondary N) is 1. The lowest BCUT2D eigenvalue weighted by Gasteiger charge is -2.09. The van der Waals surface area contributed by atoms with E-state index in [0.717, 1.165) is 4.90 Å². The topological polar surface area (TPSA) is 115 Å². The van der Waals surface area contributed by atoms with E-state index in [1.54, 1.807) is 54.6 Å². The molecule has 0 amide bonds. The van der Waals surface area contributed by atoms with Crippen molar-refractivity contribution in [2.45, 2.75) is 14.7 Å². The first-order chi connectivity index (χ1) is 12.8. The highest BCUT2D eigenvalue weighted by molar-refractivity contribution is 7.99. The Balaban J connectivity index is 1.79. The van der Waals surface area contributed by atoms with E-state index in [4.69, 9.17) is 5.73 Å². The molecule has 3 aromatic rings. The van der Waals surface area contributed by atoms with E-state index in [-0.39, 0.29) is 10.6 Å². The van der Waals surface area contributed by atoms with E-state index in [0.29, 0.717) is 16.3 Å². The van der Waals surface area contributed by atoms with Gasteiger partial charge in [0.2, 0.25) is 0 Å². The van der Waals surface area contributed by atoms with Crippen molar-refractivity contribution in [1.29, 1.82) is 0 Å². The Morgan fingerprint density at radius 2 is 1.59 bits per heavy atom. The minimum Gasteiger partial charge on any atom is -0.399 e. The molecule has 0 spiro atoms. The van der Waals surface area contributed by atoms with Crippen molar-refractivity contribution in [3.05, 3.63) is 82.9 Å². The zero-order valence-electron chi connectivity index (χ0n) is 13.9. The highest BCUT2D eigenvalue weighted by Gasteiger charge is 2.15. The summed E-state index contributed by atoms with van der Waals surface area (Å²) in [5.41, 5.74) is 6.56. The average Bonchev–Trinajstić information content (AvgIpc) is 2.64. The predicted molar refractivity (Wildman–Crippen MR) is 105 cm³/mol. The predicted octanol–water partition coefficient (Wildman–Crippen LogP) is 4.13. The maximum Gasteiger partial charge on any atom is 0.269 e. The summed E-state index contributed by atoms with van der Waals surface area (Å²) < 4.78 is 27.7. The van der Waals surface area contributed by atoms with Gasteiger partial charge in [-0.1, -0.05) is 17.8 Å². The van der Waals surface area contributed by atoms with Gasteiger partial charge in [0, 0.05) is 33.3 Å². The minimum absolute atomic E-state index is 0.00313. The molecule has 0 saturated heterocycles. The van der Waals surface area contributed by atoms with Crippen molar-refractivity contribution >= 4 is 38.8 Å². The second-order valence-corrected chi connectivity index (χ2v) is 8.38. The van der Waals surface area contributed by atoms with Crippen molar-refractivity contribution in [2.75, 3.05) is 10.5 Å². The maximum atomic E-state index is 12.6. The van der Waals surface area contributed by atoms with E-state index in [1.165, 1.54) is 30.0 Å². The van der Waals surface area contributed by atoms with Crippen LogP contribution in [0.2, 0.25) is 0 Å². The average molecular weight is 401 g/mol. The third-order valence-electron chi connectivity index (χ3n) is 3.56. The summed E-state index contributed by atoms with van der Waals surface area (Å²) in [6.45, 7) is 0. The Hall–Kier alpha value is -3.04. The van der Waals surface area contributed by atoms with Gasteiger partial charge in [0.15, 0.2) is 0 Å². The number of nitrogens with two attached hydrogens (primary N) is 1. The van der Waals surface area contributed by atoms with Gasteiger partial charge in [-0.25, -0.2) is 8.42 Å². The summed E-state index contributed by atoms with van der Waals surface area (Å²) in [6, 6.07) is 18.9. The fraction of sp³-hybridized carbons (Fsp3) is 0. The Bertz CT molecular complexity index is 1070. The first-order valence-electron chi connectivity index (χ1n) is 7.74. The number of hydrogen-bond acceptors (Lipinski definition) is 6. The number of nitrogens with zero attached hydrogens (tertiary/aromatic N) is 1. The van der Waals surface area contributed by atoms with Crippen LogP contribution in [0.25, 0.3) is 0 Å². The second-order valence-electron chi connectivity index (χ2n) is 5.56. The molecule has 27 heavy (non-hydrogen) atoms. The SMILES string of the molecule is Nc1ccc(NS(=O)(=O)c2cccc(Sc3ccc([N+](=O)[O-])cc3)c2)cc1. The lowest BCUT2D eigenvalue weighted by molar-refractivity contribution is -0.384. The van der Waals surface area contributed by atoms with Crippen LogP contribution in [0.15, 0.2) is 87.5 Å². The fourth-order valence-corrected chi connectivity index (χ4v) is 4.30. The van der Waals surface area contributed by atoms with Gasteiger partial charge in [-0.15, -0.1) is 0 Å². The van der Waals surface area contributed by atoms with E-state index < -0.39 is 14.9 Å². The fourth-order valence-electron chi connectivity index (χ4n) is 2.24. The molecule has 138 valence electrons. The van der Waals surface area contributed by atoms with Crippen molar-refractivity contribution in [1.82, 2.24) is 0 Å². The molecule has 0 bridgehead atoms. The molecule has 0 fully saturated rings. The van der Waals surface area contributed by atoms with E-state index in [1.807, 2.05) is 0 Å². The van der Waals surface area contributed by atoms with Gasteiger partial charge in [-0.05, 0) is 54.6 Å². The molecule has 0 aliphatic rings. The summed E-state index contributed by atoms with van der Waals surface area (Å²) in [5, 5.41) is 10.7. The molecule has 0 saturated carbocycles. The molecule has 9 heteroatoms. The van der Waals surface area contributed by atoms with Gasteiger partial charge >= 0.3 is 0 Å². The molecule has 0 aromatic heterocycles. The number of sulfonamides is 1. The second kappa shape index (κ2) is 7.68. The third-order valence-corrected chi connectivity index (χ3v) is 5.94. The smallest absolute Gasteiger partial charge is 0.269 e. The van der Waals surface area contributed by atoms with Crippen LogP contribution in [0.3, 0.4) is 0 Å². The Morgan fingerprint density at radius 3 is 2.22 bits per heavy atom. The highest BCUT2D eigenvalue weighted by atomic mass is 32.2. The molecule has 3 aromatic carbocycles. The number of hydrogen-bond donors (Lipinski definition) is 2. The zero-order valence-corrected chi connectivity index (χ0v) is 15.5. The zero-order chi connectivity index (χ0) is 19.4. The van der Waals surface area contributed by atoms with Crippen LogP contribution in [0.5, 0.6) is 0 Å². The number of rotatable bonds is 6. The monoisotopic (exact) mass is 401 g/mol. The summed E-state index contributed by atoms with van der Waals surface area (Å²) in [4.78, 5) is 11.8. The number of benzene rings is 3. The largest absolute Gasteiger partial charge is 0.399 e. The Kier molecular flexibility index (Phi) is 5.33. The molecule has 0 atom stereocenters. The van der Waals surface area contributed by atoms with Crippen LogP contribution < -0.4 is 10.5 Å². The van der Waals surface area contributed by atoms with Crippen LogP contribution in [0.4, 0.5) is 17.1 Å². The summed E-state index contributed by atoms with van der Waals surface area (Å²) in [7, 11) is -3.75. The quantitative estimate of drug-likeness (QED) is 0.364. The lowest BCUT2D eigenvalue weighted by atomic mass is 10.3. The van der Waals surface area contributed by atoms with Crippen molar-refractivity contribution in [3.8, 4) is 0 Å². The highest BCUT2D eigenvalue weighted by Crippen LogP contribution is 2.30. The lowest BCUT2D eigenvalue weighted by Crippen LogP contribution is -2.12. The standard InChI is InChI=1S/C18H15N3O4S2/c19-13-4-6-14(7-5-13)20-27(24,25)18-3-1-2-17(12-18)26-16-10-8-15(9-11-16)21(22)23/h1-12,20H,19H2. The number of anilines is 2. The van der Waals surface area contributed by atoms with Crippen LogP contribution in [0, 0.1) is 10.1 Å². The van der Waals surface area contributed by atoms with E-state index in [2.05, 4.69) is 4.72 Å². The number of nitro benzene ring substituents is 1. The third kappa shape index (κ3) is 4.78. The van der Waals surface area contributed by atoms with Crippen LogP contribution in [-0.2, 0) is 10.0 Å². The molecule has 7 nitrogen and oxygen atoms in total. The molecule has 3 rings (SSSR count). The molecule has 0 aliphatic heterocycles. The van der Waals surface area contributed by atoms with Crippen LogP contribution in [0.1, 0.15) is 0 Å². The molecule has 3 N–H and O–H groups in total. The number of nitro groups is 1.